The van der Waals surface area contributed by atoms with Gasteiger partial charge in [0.15, 0.2) is 0 Å². The fourth-order valence-electron chi connectivity index (χ4n) is 4.65. The van der Waals surface area contributed by atoms with Crippen molar-refractivity contribution in [3.63, 3.8) is 0 Å². The molecule has 16 heavy (non-hydrogen) atoms. The molecule has 0 radical (unpaired) electrons. The van der Waals surface area contributed by atoms with E-state index in [1.165, 1.54) is 37.7 Å². The van der Waals surface area contributed by atoms with Gasteiger partial charge < -0.3 is 4.74 Å². The fraction of sp³-hybridized carbons (Fsp3) is 0.867. The first-order valence-electron chi connectivity index (χ1n) is 7.02. The van der Waals surface area contributed by atoms with Crippen LogP contribution in [0.4, 0.5) is 0 Å². The Balaban J connectivity index is 1.86. The summed E-state index contributed by atoms with van der Waals surface area (Å²) in [5.41, 5.74) is 1.54. The Bertz CT molecular complexity index is 296. The van der Waals surface area contributed by atoms with Crippen molar-refractivity contribution < 1.29 is 4.74 Å². The highest BCUT2D eigenvalue weighted by Gasteiger charge is 2.49. The van der Waals surface area contributed by atoms with Crippen molar-refractivity contribution in [1.29, 1.82) is 0 Å². The first-order valence-corrected chi connectivity index (χ1v) is 7.02. The minimum Gasteiger partial charge on any atom is -0.375 e. The molecule has 2 saturated carbocycles. The lowest BCUT2D eigenvalue weighted by atomic mass is 9.60. The minimum absolute atomic E-state index is 0.412. The minimum atomic E-state index is 0.412. The zero-order valence-corrected chi connectivity index (χ0v) is 10.6. The smallest absolute Gasteiger partial charge is 0.0619 e. The van der Waals surface area contributed by atoms with Crippen LogP contribution < -0.4 is 0 Å². The summed E-state index contributed by atoms with van der Waals surface area (Å²) in [6.45, 7) is 8.95. The van der Waals surface area contributed by atoms with Gasteiger partial charge in [-0.25, -0.2) is 0 Å². The number of fused-ring (bicyclic) bond motifs is 2. The van der Waals surface area contributed by atoms with Crippen LogP contribution in [0, 0.1) is 23.7 Å². The normalized spacial score (nSPS) is 52.2. The third kappa shape index (κ3) is 1.48. The van der Waals surface area contributed by atoms with Gasteiger partial charge in [0.25, 0.3) is 0 Å². The van der Waals surface area contributed by atoms with E-state index in [0.717, 1.165) is 17.8 Å². The van der Waals surface area contributed by atoms with Crippen LogP contribution >= 0.6 is 0 Å². The van der Waals surface area contributed by atoms with E-state index in [4.69, 9.17) is 4.74 Å². The lowest BCUT2D eigenvalue weighted by Gasteiger charge is -2.44. The predicted octanol–water partition coefficient (Wildman–Crippen LogP) is 3.79. The van der Waals surface area contributed by atoms with Crippen molar-refractivity contribution >= 4 is 0 Å². The van der Waals surface area contributed by atoms with E-state index in [2.05, 4.69) is 20.4 Å². The Morgan fingerprint density at radius 1 is 1.12 bits per heavy atom. The molecule has 3 fully saturated rings. The molecular formula is C15H24O. The maximum Gasteiger partial charge on any atom is 0.0619 e. The SMILES string of the molecule is C=C1C2CCCC[C@H]2CC2[C@H](C)O[C@H](C)[C@@H]12. The Morgan fingerprint density at radius 2 is 1.88 bits per heavy atom. The van der Waals surface area contributed by atoms with Crippen LogP contribution in [-0.2, 0) is 4.74 Å². The zero-order valence-electron chi connectivity index (χ0n) is 10.6. The summed E-state index contributed by atoms with van der Waals surface area (Å²) in [5.74, 6) is 3.18. The molecule has 3 aliphatic rings. The summed E-state index contributed by atoms with van der Waals surface area (Å²) in [6, 6.07) is 0. The molecule has 3 rings (SSSR count). The van der Waals surface area contributed by atoms with Gasteiger partial charge in [-0.3, -0.25) is 0 Å². The third-order valence-electron chi connectivity index (χ3n) is 5.39. The summed E-state index contributed by atoms with van der Waals surface area (Å²) in [6.07, 6.45) is 7.97. The molecule has 1 saturated heterocycles. The van der Waals surface area contributed by atoms with E-state index in [9.17, 15) is 0 Å². The largest absolute Gasteiger partial charge is 0.375 e. The van der Waals surface area contributed by atoms with Gasteiger partial charge >= 0.3 is 0 Å². The summed E-state index contributed by atoms with van der Waals surface area (Å²) in [7, 11) is 0. The molecular weight excluding hydrogens is 196 g/mol. The molecule has 1 aliphatic heterocycles. The molecule has 0 N–H and O–H groups in total. The first kappa shape index (κ1) is 10.8. The second-order valence-corrected chi connectivity index (χ2v) is 6.20. The fourth-order valence-corrected chi connectivity index (χ4v) is 4.65. The molecule has 0 bridgehead atoms. The van der Waals surface area contributed by atoms with Gasteiger partial charge in [-0.1, -0.05) is 25.0 Å². The number of ether oxygens (including phenoxy) is 1. The first-order chi connectivity index (χ1) is 7.68. The van der Waals surface area contributed by atoms with Crippen LogP contribution in [0.5, 0.6) is 0 Å². The highest BCUT2D eigenvalue weighted by atomic mass is 16.5. The van der Waals surface area contributed by atoms with Crippen LogP contribution in [0.25, 0.3) is 0 Å². The molecule has 2 unspecified atom stereocenters. The van der Waals surface area contributed by atoms with Gasteiger partial charge in [0.1, 0.15) is 0 Å². The second-order valence-electron chi connectivity index (χ2n) is 6.20. The van der Waals surface area contributed by atoms with Crippen molar-refractivity contribution in [3.8, 4) is 0 Å². The highest BCUT2D eigenvalue weighted by Crippen LogP contribution is 2.53. The van der Waals surface area contributed by atoms with Gasteiger partial charge in [-0.2, -0.15) is 0 Å². The lowest BCUT2D eigenvalue weighted by Crippen LogP contribution is -2.37. The van der Waals surface area contributed by atoms with Gasteiger partial charge in [-0.15, -0.1) is 0 Å². The molecule has 0 amide bonds. The van der Waals surface area contributed by atoms with Crippen LogP contribution in [0.2, 0.25) is 0 Å². The molecule has 0 aromatic carbocycles. The molecule has 6 atom stereocenters. The van der Waals surface area contributed by atoms with Gasteiger partial charge in [0.05, 0.1) is 12.2 Å². The standard InChI is InChI=1S/C15H24O/c1-9-13-7-5-4-6-12(13)8-14-10(2)16-11(3)15(9)14/h10-15H,1,4-8H2,2-3H3/t10-,11+,12-,13?,14?,15+/m0/s1. The number of hydrogen-bond donors (Lipinski definition) is 0. The topological polar surface area (TPSA) is 9.23 Å². The molecule has 1 nitrogen and oxygen atoms in total. The van der Waals surface area contributed by atoms with E-state index < -0.39 is 0 Å². The second kappa shape index (κ2) is 3.87. The summed E-state index contributed by atoms with van der Waals surface area (Å²) < 4.78 is 6.02. The number of rotatable bonds is 0. The van der Waals surface area contributed by atoms with E-state index in [1.807, 2.05) is 0 Å². The molecule has 0 aromatic rings. The quantitative estimate of drug-likeness (QED) is 0.564. The molecule has 0 spiro atoms. The Kier molecular flexibility index (Phi) is 2.62. The highest BCUT2D eigenvalue weighted by molar-refractivity contribution is 5.18. The maximum absolute atomic E-state index is 6.02. The van der Waals surface area contributed by atoms with Gasteiger partial charge in [0, 0.05) is 5.92 Å². The van der Waals surface area contributed by atoms with E-state index in [1.54, 1.807) is 0 Å². The molecule has 2 aliphatic carbocycles. The Labute approximate surface area is 99.3 Å². The average Bonchev–Trinajstić information content (AvgIpc) is 2.55. The Morgan fingerprint density at radius 3 is 2.69 bits per heavy atom. The summed E-state index contributed by atoms with van der Waals surface area (Å²) in [5, 5.41) is 0. The molecule has 90 valence electrons. The van der Waals surface area contributed by atoms with Crippen molar-refractivity contribution in [2.75, 3.05) is 0 Å². The third-order valence-corrected chi connectivity index (χ3v) is 5.39. The average molecular weight is 220 g/mol. The maximum atomic E-state index is 6.02. The molecule has 1 heterocycles. The van der Waals surface area contributed by atoms with Crippen LogP contribution in [0.3, 0.4) is 0 Å². The van der Waals surface area contributed by atoms with E-state index in [0.29, 0.717) is 18.1 Å². The molecule has 1 heteroatoms. The van der Waals surface area contributed by atoms with E-state index in [-0.39, 0.29) is 0 Å². The van der Waals surface area contributed by atoms with E-state index >= 15 is 0 Å². The lowest BCUT2D eigenvalue weighted by molar-refractivity contribution is 0.0510. The van der Waals surface area contributed by atoms with Crippen molar-refractivity contribution in [3.05, 3.63) is 12.2 Å². The predicted molar refractivity (Wildman–Crippen MR) is 66.2 cm³/mol. The number of hydrogen-bond acceptors (Lipinski definition) is 1. The van der Waals surface area contributed by atoms with Crippen molar-refractivity contribution in [1.82, 2.24) is 0 Å². The molecule has 0 aromatic heterocycles. The van der Waals surface area contributed by atoms with Crippen LogP contribution in [0.15, 0.2) is 12.2 Å². The van der Waals surface area contributed by atoms with Crippen LogP contribution in [0.1, 0.15) is 46.0 Å². The summed E-state index contributed by atoms with van der Waals surface area (Å²) in [4.78, 5) is 0. The Hall–Kier alpha value is -0.300. The van der Waals surface area contributed by atoms with Gasteiger partial charge in [-0.05, 0) is 50.9 Å². The van der Waals surface area contributed by atoms with Crippen molar-refractivity contribution in [2.45, 2.75) is 58.2 Å². The summed E-state index contributed by atoms with van der Waals surface area (Å²) >= 11 is 0. The van der Waals surface area contributed by atoms with Crippen molar-refractivity contribution in [2.24, 2.45) is 23.7 Å². The van der Waals surface area contributed by atoms with Gasteiger partial charge in [0.2, 0.25) is 0 Å². The van der Waals surface area contributed by atoms with Crippen LogP contribution in [-0.4, -0.2) is 12.2 Å². The zero-order chi connectivity index (χ0) is 11.3. The monoisotopic (exact) mass is 220 g/mol.